The predicted octanol–water partition coefficient (Wildman–Crippen LogP) is 3.80. The molecule has 2 aromatic carbocycles. The van der Waals surface area contributed by atoms with Crippen LogP contribution >= 0.6 is 0 Å². The van der Waals surface area contributed by atoms with Crippen molar-refractivity contribution in [3.05, 3.63) is 53.9 Å². The van der Waals surface area contributed by atoms with Crippen LogP contribution in [0.4, 0.5) is 16.1 Å². The molecule has 0 aliphatic rings. The minimum absolute atomic E-state index is 0.0136. The first-order chi connectivity index (χ1) is 14.4. The molecule has 0 radical (unpaired) electrons. The molecule has 3 N–H and O–H groups in total. The number of hydrogen-bond donors (Lipinski definition) is 2. The summed E-state index contributed by atoms with van der Waals surface area (Å²) in [4.78, 5) is 4.30. The van der Waals surface area contributed by atoms with Crippen LogP contribution in [-0.2, 0) is 14.3 Å². The van der Waals surface area contributed by atoms with E-state index in [1.54, 1.807) is 37.3 Å². The van der Waals surface area contributed by atoms with Crippen molar-refractivity contribution in [1.82, 2.24) is 4.98 Å². The average Bonchev–Trinajstić information content (AvgIpc) is 3.10. The molecule has 8 nitrogen and oxygen atoms in total. The van der Waals surface area contributed by atoms with E-state index >= 15 is 0 Å². The highest BCUT2D eigenvalue weighted by Crippen LogP contribution is 2.30. The van der Waals surface area contributed by atoms with E-state index in [1.807, 2.05) is 6.92 Å². The highest BCUT2D eigenvalue weighted by Gasteiger charge is 2.20. The van der Waals surface area contributed by atoms with Crippen LogP contribution in [0.3, 0.4) is 0 Å². The molecule has 1 aromatic heterocycles. The number of aromatic nitrogens is 1. The second-order valence-corrected chi connectivity index (χ2v) is 7.98. The zero-order valence-corrected chi connectivity index (χ0v) is 17.3. The molecule has 0 aliphatic carbocycles. The second-order valence-electron chi connectivity index (χ2n) is 6.39. The zero-order chi connectivity index (χ0) is 21.7. The summed E-state index contributed by atoms with van der Waals surface area (Å²) in [5.74, 6) is 0.452. The van der Waals surface area contributed by atoms with Crippen molar-refractivity contribution in [2.24, 2.45) is 5.73 Å². The van der Waals surface area contributed by atoms with E-state index in [-0.39, 0.29) is 36.4 Å². The predicted molar refractivity (Wildman–Crippen MR) is 111 cm³/mol. The summed E-state index contributed by atoms with van der Waals surface area (Å²) < 4.78 is 53.4. The molecular weight excluding hydrogens is 413 g/mol. The summed E-state index contributed by atoms with van der Waals surface area (Å²) in [5.41, 5.74) is 7.80. The standard InChI is InChI=1S/C20H22FN3O5S/c1-3-28-30(25,26)19-7-4-13(2)8-17(19)24-20-23-16-6-5-15(9-18(16)29-20)27-12-14(10-21)11-22/h4-10H,3,11-12,22H2,1-2H3,(H,23,24)/b14-10+. The van der Waals surface area contributed by atoms with E-state index in [0.717, 1.165) is 5.56 Å². The van der Waals surface area contributed by atoms with Crippen LogP contribution in [0.1, 0.15) is 12.5 Å². The van der Waals surface area contributed by atoms with Crippen LogP contribution in [0, 0.1) is 6.92 Å². The van der Waals surface area contributed by atoms with E-state index in [0.29, 0.717) is 28.8 Å². The van der Waals surface area contributed by atoms with Crippen LogP contribution in [-0.4, -0.2) is 33.2 Å². The van der Waals surface area contributed by atoms with E-state index in [4.69, 9.17) is 19.1 Å². The van der Waals surface area contributed by atoms with E-state index in [1.165, 1.54) is 6.07 Å². The quantitative estimate of drug-likeness (QED) is 0.488. The maximum absolute atomic E-state index is 12.6. The lowest BCUT2D eigenvalue weighted by Gasteiger charge is -2.10. The monoisotopic (exact) mass is 435 g/mol. The normalized spacial score (nSPS) is 12.3. The van der Waals surface area contributed by atoms with Gasteiger partial charge in [-0.15, -0.1) is 0 Å². The van der Waals surface area contributed by atoms with Gasteiger partial charge >= 0.3 is 0 Å². The van der Waals surface area contributed by atoms with Crippen molar-refractivity contribution in [1.29, 1.82) is 0 Å². The second kappa shape index (κ2) is 9.24. The Morgan fingerprint density at radius 1 is 1.30 bits per heavy atom. The Balaban J connectivity index is 1.87. The molecule has 0 bridgehead atoms. The Morgan fingerprint density at radius 3 is 2.80 bits per heavy atom. The number of nitrogens with one attached hydrogen (secondary N) is 1. The number of aryl methyl sites for hydroxylation is 1. The molecule has 0 saturated heterocycles. The lowest BCUT2D eigenvalue weighted by Crippen LogP contribution is -2.10. The molecule has 0 spiro atoms. The Bertz CT molecular complexity index is 1170. The third-order valence-electron chi connectivity index (χ3n) is 4.12. The molecule has 0 fully saturated rings. The Kier molecular flexibility index (Phi) is 6.70. The van der Waals surface area contributed by atoms with Crippen LogP contribution in [0.15, 0.2) is 57.6 Å². The minimum atomic E-state index is -3.93. The lowest BCUT2D eigenvalue weighted by molar-refractivity contribution is 0.338. The topological polar surface area (TPSA) is 117 Å². The molecule has 0 amide bonds. The number of nitrogens with zero attached hydrogens (tertiary/aromatic N) is 1. The fourth-order valence-corrected chi connectivity index (χ4v) is 3.70. The van der Waals surface area contributed by atoms with Crippen molar-refractivity contribution < 1.29 is 26.1 Å². The summed E-state index contributed by atoms with van der Waals surface area (Å²) in [5, 5.41) is 2.90. The molecule has 160 valence electrons. The molecule has 3 aromatic rings. The van der Waals surface area contributed by atoms with Gasteiger partial charge in [0.1, 0.15) is 22.8 Å². The first-order valence-electron chi connectivity index (χ1n) is 9.15. The molecule has 30 heavy (non-hydrogen) atoms. The molecule has 0 saturated carbocycles. The highest BCUT2D eigenvalue weighted by molar-refractivity contribution is 7.87. The summed E-state index contributed by atoms with van der Waals surface area (Å²) in [6.45, 7) is 3.52. The van der Waals surface area contributed by atoms with Gasteiger partial charge in [0, 0.05) is 18.2 Å². The van der Waals surface area contributed by atoms with E-state index < -0.39 is 10.1 Å². The third kappa shape index (κ3) is 4.96. The summed E-state index contributed by atoms with van der Waals surface area (Å²) >= 11 is 0. The van der Waals surface area contributed by atoms with E-state index in [2.05, 4.69) is 10.3 Å². The number of halogens is 1. The number of rotatable bonds is 9. The van der Waals surface area contributed by atoms with Crippen LogP contribution in [0.25, 0.3) is 11.1 Å². The number of hydrogen-bond acceptors (Lipinski definition) is 8. The van der Waals surface area contributed by atoms with Crippen molar-refractivity contribution in [3.63, 3.8) is 0 Å². The van der Waals surface area contributed by atoms with Gasteiger partial charge in [-0.2, -0.15) is 13.4 Å². The van der Waals surface area contributed by atoms with Crippen molar-refractivity contribution >= 4 is 32.9 Å². The van der Waals surface area contributed by atoms with E-state index in [9.17, 15) is 12.8 Å². The van der Waals surface area contributed by atoms with Gasteiger partial charge in [-0.1, -0.05) is 6.07 Å². The first-order valence-corrected chi connectivity index (χ1v) is 10.6. The fraction of sp³-hybridized carbons (Fsp3) is 0.250. The van der Waals surface area contributed by atoms with Gasteiger partial charge in [0.25, 0.3) is 16.1 Å². The van der Waals surface area contributed by atoms with Crippen molar-refractivity contribution in [2.45, 2.75) is 18.7 Å². The highest BCUT2D eigenvalue weighted by atomic mass is 32.2. The van der Waals surface area contributed by atoms with Gasteiger partial charge < -0.3 is 20.2 Å². The maximum Gasteiger partial charge on any atom is 0.300 e. The minimum Gasteiger partial charge on any atom is -0.489 e. The number of benzene rings is 2. The smallest absolute Gasteiger partial charge is 0.300 e. The maximum atomic E-state index is 12.6. The summed E-state index contributed by atoms with van der Waals surface area (Å²) in [6, 6.07) is 9.85. The summed E-state index contributed by atoms with van der Waals surface area (Å²) in [6.07, 6.45) is 0.421. The Hall–Kier alpha value is -2.95. The van der Waals surface area contributed by atoms with Crippen LogP contribution < -0.4 is 15.8 Å². The zero-order valence-electron chi connectivity index (χ0n) is 16.5. The van der Waals surface area contributed by atoms with Crippen molar-refractivity contribution in [2.75, 3.05) is 25.1 Å². The lowest BCUT2D eigenvalue weighted by atomic mass is 10.2. The molecule has 3 rings (SSSR count). The molecule has 0 aliphatic heterocycles. The van der Waals surface area contributed by atoms with Gasteiger partial charge in [-0.05, 0) is 43.7 Å². The van der Waals surface area contributed by atoms with Gasteiger partial charge in [0.05, 0.1) is 18.6 Å². The first kappa shape index (κ1) is 21.8. The fourth-order valence-electron chi connectivity index (χ4n) is 2.65. The van der Waals surface area contributed by atoms with Gasteiger partial charge in [-0.3, -0.25) is 4.18 Å². The number of nitrogens with two attached hydrogens (primary N) is 1. The SMILES string of the molecule is CCOS(=O)(=O)c1ccc(C)cc1Nc1nc2ccc(OC/C(=C/F)CN)cc2o1. The number of oxazole rings is 1. The van der Waals surface area contributed by atoms with Gasteiger partial charge in [-0.25, -0.2) is 4.39 Å². The molecule has 10 heteroatoms. The number of ether oxygens (including phenoxy) is 1. The Labute approximate surface area is 173 Å². The Morgan fingerprint density at radius 2 is 2.10 bits per heavy atom. The molecular formula is C20H22FN3O5S. The van der Waals surface area contributed by atoms with Gasteiger partial charge in [0.2, 0.25) is 0 Å². The molecule has 0 unspecified atom stereocenters. The van der Waals surface area contributed by atoms with Crippen LogP contribution in [0.5, 0.6) is 5.75 Å². The van der Waals surface area contributed by atoms with Gasteiger partial charge in [0.15, 0.2) is 5.58 Å². The average molecular weight is 435 g/mol. The van der Waals surface area contributed by atoms with Crippen LogP contribution in [0.2, 0.25) is 0 Å². The largest absolute Gasteiger partial charge is 0.489 e. The summed E-state index contributed by atoms with van der Waals surface area (Å²) in [7, 11) is -3.93. The number of fused-ring (bicyclic) bond motifs is 1. The third-order valence-corrected chi connectivity index (χ3v) is 5.56. The van der Waals surface area contributed by atoms with Crippen molar-refractivity contribution in [3.8, 4) is 5.75 Å². The number of anilines is 2. The molecule has 1 heterocycles. The molecule has 0 atom stereocenters.